The van der Waals surface area contributed by atoms with Crippen LogP contribution < -0.4 is 5.73 Å². The van der Waals surface area contributed by atoms with Gasteiger partial charge in [-0.1, -0.05) is 39.0 Å². The minimum absolute atomic E-state index is 0.462. The van der Waals surface area contributed by atoms with E-state index in [4.69, 9.17) is 10.5 Å². The lowest BCUT2D eigenvalue weighted by atomic mass is 10.1. The minimum Gasteiger partial charge on any atom is -0.378 e. The van der Waals surface area contributed by atoms with Crippen LogP contribution in [0.5, 0.6) is 0 Å². The van der Waals surface area contributed by atoms with Crippen LogP contribution in [-0.2, 0) is 4.74 Å². The van der Waals surface area contributed by atoms with Crippen molar-refractivity contribution >= 4 is 0 Å². The molecule has 1 heterocycles. The molecule has 2 N–H and O–H groups in total. The van der Waals surface area contributed by atoms with E-state index in [0.717, 1.165) is 26.3 Å². The van der Waals surface area contributed by atoms with Crippen molar-refractivity contribution in [3.63, 3.8) is 0 Å². The summed E-state index contributed by atoms with van der Waals surface area (Å²) in [7, 11) is 0. The summed E-state index contributed by atoms with van der Waals surface area (Å²) < 4.78 is 5.44. The van der Waals surface area contributed by atoms with Gasteiger partial charge in [0.05, 0.1) is 13.2 Å². The van der Waals surface area contributed by atoms with Gasteiger partial charge in [-0.05, 0) is 13.0 Å². The second-order valence-electron chi connectivity index (χ2n) is 4.77. The van der Waals surface area contributed by atoms with Crippen molar-refractivity contribution in [2.24, 2.45) is 5.73 Å². The maximum atomic E-state index is 5.74. The second kappa shape index (κ2) is 8.97. The van der Waals surface area contributed by atoms with Gasteiger partial charge in [0, 0.05) is 19.1 Å². The molecular formula is C13H28N2O. The highest BCUT2D eigenvalue weighted by Crippen LogP contribution is 2.10. The number of ether oxygens (including phenoxy) is 1. The fourth-order valence-corrected chi connectivity index (χ4v) is 2.30. The Labute approximate surface area is 100 Å². The number of hydrogen-bond donors (Lipinski definition) is 1. The SMILES string of the molecule is CCCCCCCCN1CCOCC1CN. The smallest absolute Gasteiger partial charge is 0.0634 e. The summed E-state index contributed by atoms with van der Waals surface area (Å²) >= 11 is 0. The van der Waals surface area contributed by atoms with Gasteiger partial charge in [-0.25, -0.2) is 0 Å². The van der Waals surface area contributed by atoms with Crippen molar-refractivity contribution in [3.05, 3.63) is 0 Å². The number of nitrogens with two attached hydrogens (primary N) is 1. The van der Waals surface area contributed by atoms with Gasteiger partial charge in [-0.15, -0.1) is 0 Å². The van der Waals surface area contributed by atoms with E-state index in [9.17, 15) is 0 Å². The molecule has 0 amide bonds. The summed E-state index contributed by atoms with van der Waals surface area (Å²) in [5.74, 6) is 0. The van der Waals surface area contributed by atoms with Crippen LogP contribution in [-0.4, -0.2) is 43.8 Å². The molecule has 1 aliphatic heterocycles. The van der Waals surface area contributed by atoms with Crippen LogP contribution in [0.2, 0.25) is 0 Å². The van der Waals surface area contributed by atoms with Gasteiger partial charge < -0.3 is 10.5 Å². The lowest BCUT2D eigenvalue weighted by Crippen LogP contribution is -2.49. The molecule has 0 aromatic rings. The number of morpholine rings is 1. The Morgan fingerprint density at radius 2 is 1.94 bits per heavy atom. The van der Waals surface area contributed by atoms with Crippen molar-refractivity contribution in [2.75, 3.05) is 32.8 Å². The third kappa shape index (κ3) is 5.28. The van der Waals surface area contributed by atoms with Crippen LogP contribution in [0.25, 0.3) is 0 Å². The zero-order chi connectivity index (χ0) is 11.6. The third-order valence-corrected chi connectivity index (χ3v) is 3.42. The molecule has 96 valence electrons. The van der Waals surface area contributed by atoms with Crippen LogP contribution in [0.1, 0.15) is 45.4 Å². The van der Waals surface area contributed by atoms with Gasteiger partial charge in [0.15, 0.2) is 0 Å². The molecule has 0 aromatic heterocycles. The van der Waals surface area contributed by atoms with E-state index in [1.165, 1.54) is 45.1 Å². The zero-order valence-electron chi connectivity index (χ0n) is 10.8. The molecule has 1 rings (SSSR count). The largest absolute Gasteiger partial charge is 0.378 e. The molecule has 1 atom stereocenters. The molecule has 1 unspecified atom stereocenters. The Bertz CT molecular complexity index is 164. The highest BCUT2D eigenvalue weighted by molar-refractivity contribution is 4.75. The second-order valence-corrected chi connectivity index (χ2v) is 4.77. The predicted molar refractivity (Wildman–Crippen MR) is 68.6 cm³/mol. The van der Waals surface area contributed by atoms with E-state index >= 15 is 0 Å². The first-order valence-corrected chi connectivity index (χ1v) is 6.90. The van der Waals surface area contributed by atoms with E-state index in [0.29, 0.717) is 6.04 Å². The van der Waals surface area contributed by atoms with E-state index in [-0.39, 0.29) is 0 Å². The third-order valence-electron chi connectivity index (χ3n) is 3.42. The van der Waals surface area contributed by atoms with Crippen LogP contribution in [0.4, 0.5) is 0 Å². The van der Waals surface area contributed by atoms with Crippen LogP contribution in [0.15, 0.2) is 0 Å². The summed E-state index contributed by atoms with van der Waals surface area (Å²) in [5.41, 5.74) is 5.74. The molecule has 0 aromatic carbocycles. The van der Waals surface area contributed by atoms with Crippen LogP contribution in [0, 0.1) is 0 Å². The summed E-state index contributed by atoms with van der Waals surface area (Å²) in [6.45, 7) is 6.97. The van der Waals surface area contributed by atoms with Gasteiger partial charge in [0.1, 0.15) is 0 Å². The highest BCUT2D eigenvalue weighted by Gasteiger charge is 2.20. The fraction of sp³-hybridized carbons (Fsp3) is 1.00. The number of rotatable bonds is 8. The Hall–Kier alpha value is -0.120. The average molecular weight is 228 g/mol. The monoisotopic (exact) mass is 228 g/mol. The molecule has 3 nitrogen and oxygen atoms in total. The molecule has 3 heteroatoms. The zero-order valence-corrected chi connectivity index (χ0v) is 10.8. The normalized spacial score (nSPS) is 22.5. The quantitative estimate of drug-likeness (QED) is 0.646. The first kappa shape index (κ1) is 13.9. The molecule has 0 bridgehead atoms. The molecule has 1 saturated heterocycles. The standard InChI is InChI=1S/C13H28N2O/c1-2-3-4-5-6-7-8-15-9-10-16-12-13(15)11-14/h13H,2-12,14H2,1H3. The predicted octanol–water partition coefficient (Wildman–Crippen LogP) is 2.01. The number of unbranched alkanes of at least 4 members (excludes halogenated alkanes) is 5. The van der Waals surface area contributed by atoms with Gasteiger partial charge in [-0.3, -0.25) is 4.90 Å². The van der Waals surface area contributed by atoms with Crippen molar-refractivity contribution in [2.45, 2.75) is 51.5 Å². The minimum atomic E-state index is 0.462. The van der Waals surface area contributed by atoms with Crippen LogP contribution in [0.3, 0.4) is 0 Å². The molecule has 1 fully saturated rings. The van der Waals surface area contributed by atoms with E-state index in [1.54, 1.807) is 0 Å². The van der Waals surface area contributed by atoms with Gasteiger partial charge >= 0.3 is 0 Å². The van der Waals surface area contributed by atoms with E-state index < -0.39 is 0 Å². The van der Waals surface area contributed by atoms with Gasteiger partial charge in [-0.2, -0.15) is 0 Å². The fourth-order valence-electron chi connectivity index (χ4n) is 2.30. The number of hydrogen-bond acceptors (Lipinski definition) is 3. The highest BCUT2D eigenvalue weighted by atomic mass is 16.5. The molecule has 0 aliphatic carbocycles. The van der Waals surface area contributed by atoms with Crippen LogP contribution >= 0.6 is 0 Å². The molecule has 0 saturated carbocycles. The Morgan fingerprint density at radius 3 is 2.69 bits per heavy atom. The van der Waals surface area contributed by atoms with Crippen molar-refractivity contribution in [1.82, 2.24) is 4.90 Å². The maximum Gasteiger partial charge on any atom is 0.0634 e. The summed E-state index contributed by atoms with van der Waals surface area (Å²) in [6.07, 6.45) is 8.21. The molecular weight excluding hydrogens is 200 g/mol. The van der Waals surface area contributed by atoms with E-state index in [1.807, 2.05) is 0 Å². The number of nitrogens with zero attached hydrogens (tertiary/aromatic N) is 1. The maximum absolute atomic E-state index is 5.74. The van der Waals surface area contributed by atoms with Crippen molar-refractivity contribution < 1.29 is 4.74 Å². The van der Waals surface area contributed by atoms with Crippen molar-refractivity contribution in [1.29, 1.82) is 0 Å². The Balaban J connectivity index is 2.02. The first-order valence-electron chi connectivity index (χ1n) is 6.90. The topological polar surface area (TPSA) is 38.5 Å². The van der Waals surface area contributed by atoms with Gasteiger partial charge in [0.25, 0.3) is 0 Å². The van der Waals surface area contributed by atoms with Gasteiger partial charge in [0.2, 0.25) is 0 Å². The molecule has 0 spiro atoms. The summed E-state index contributed by atoms with van der Waals surface area (Å²) in [4.78, 5) is 2.50. The summed E-state index contributed by atoms with van der Waals surface area (Å²) in [5, 5.41) is 0. The first-order chi connectivity index (χ1) is 7.88. The average Bonchev–Trinajstić information content (AvgIpc) is 2.34. The Kier molecular flexibility index (Phi) is 7.81. The lowest BCUT2D eigenvalue weighted by molar-refractivity contribution is -0.00446. The molecule has 0 radical (unpaired) electrons. The molecule has 1 aliphatic rings. The lowest BCUT2D eigenvalue weighted by Gasteiger charge is -2.34. The Morgan fingerprint density at radius 1 is 1.19 bits per heavy atom. The van der Waals surface area contributed by atoms with E-state index in [2.05, 4.69) is 11.8 Å². The van der Waals surface area contributed by atoms with Crippen molar-refractivity contribution in [3.8, 4) is 0 Å². The summed E-state index contributed by atoms with van der Waals surface area (Å²) in [6, 6.07) is 0.462. The molecule has 16 heavy (non-hydrogen) atoms.